The second-order valence-electron chi connectivity index (χ2n) is 4.51. The third kappa shape index (κ3) is 2.83. The summed E-state index contributed by atoms with van der Waals surface area (Å²) in [4.78, 5) is 10.7. The fraction of sp³-hybridized carbons (Fsp3) is 0.385. The molecular weight excluding hydrogens is 216 g/mol. The Morgan fingerprint density at radius 2 is 2.18 bits per heavy atom. The third-order valence-electron chi connectivity index (χ3n) is 3.25. The standard InChI is InChI=1S/C13H14N2O2/c14-7-10-3-1-9(2-4-10)5-11-6-12(13(16)17)15-8-11/h1-4,11-12,15H,5-6,8H2,(H,16,17)/t11-,12+/m1/s1. The number of aliphatic carboxylic acids is 1. The molecule has 2 rings (SSSR count). The van der Waals surface area contributed by atoms with Crippen LogP contribution in [0.5, 0.6) is 0 Å². The highest BCUT2D eigenvalue weighted by Crippen LogP contribution is 2.15. The van der Waals surface area contributed by atoms with E-state index in [1.54, 1.807) is 12.1 Å². The van der Waals surface area contributed by atoms with Gasteiger partial charge in [0.05, 0.1) is 24.1 Å². The highest BCUT2D eigenvalue weighted by atomic mass is 16.4. The van der Waals surface area contributed by atoms with Gasteiger partial charge in [-0.05, 0) is 24.1 Å². The molecule has 4 heteroatoms. The second kappa shape index (κ2) is 4.98. The van der Waals surface area contributed by atoms with Gasteiger partial charge in [0.15, 0.2) is 0 Å². The molecule has 17 heavy (non-hydrogen) atoms. The maximum Gasteiger partial charge on any atom is 0.127 e. The van der Waals surface area contributed by atoms with Crippen LogP contribution in [0.1, 0.15) is 17.5 Å². The number of hydrogen-bond acceptors (Lipinski definition) is 3. The van der Waals surface area contributed by atoms with Crippen molar-refractivity contribution in [2.24, 2.45) is 5.92 Å². The molecular formula is C13H14N2O2. The van der Waals surface area contributed by atoms with Crippen LogP contribution in [0, 0.1) is 17.2 Å². The Morgan fingerprint density at radius 1 is 1.47 bits per heavy atom. The highest BCUT2D eigenvalue weighted by Gasteiger charge is 2.28. The van der Waals surface area contributed by atoms with Crippen molar-refractivity contribution < 1.29 is 15.2 Å². The van der Waals surface area contributed by atoms with Crippen molar-refractivity contribution in [2.75, 3.05) is 6.54 Å². The Kier molecular flexibility index (Phi) is 3.40. The van der Waals surface area contributed by atoms with Crippen LogP contribution in [0.3, 0.4) is 0 Å². The molecule has 0 aromatic heterocycles. The van der Waals surface area contributed by atoms with Crippen LogP contribution in [-0.2, 0) is 11.2 Å². The number of carbonyl (C=O) groups is 1. The van der Waals surface area contributed by atoms with Crippen LogP contribution in [0.2, 0.25) is 0 Å². The van der Waals surface area contributed by atoms with E-state index in [1.165, 1.54) is 0 Å². The average molecular weight is 230 g/mol. The molecule has 0 aliphatic carbocycles. The van der Waals surface area contributed by atoms with Crippen molar-refractivity contribution in [3.8, 4) is 6.07 Å². The molecule has 0 radical (unpaired) electrons. The zero-order valence-corrected chi connectivity index (χ0v) is 9.43. The maximum absolute atomic E-state index is 10.7. The summed E-state index contributed by atoms with van der Waals surface area (Å²) >= 11 is 0. The van der Waals surface area contributed by atoms with E-state index in [0.717, 1.165) is 18.5 Å². The second-order valence-corrected chi connectivity index (χ2v) is 4.51. The van der Waals surface area contributed by atoms with Crippen molar-refractivity contribution in [1.29, 1.82) is 5.26 Å². The Bertz CT molecular complexity index is 447. The topological polar surface area (TPSA) is 80.5 Å². The Balaban J connectivity index is 1.94. The monoisotopic (exact) mass is 230 g/mol. The van der Waals surface area contributed by atoms with E-state index in [0.29, 0.717) is 17.9 Å². The molecule has 0 bridgehead atoms. The Hall–Kier alpha value is -1.86. The summed E-state index contributed by atoms with van der Waals surface area (Å²) in [5.41, 5.74) is 1.81. The fourth-order valence-corrected chi connectivity index (χ4v) is 2.32. The first-order valence-electron chi connectivity index (χ1n) is 5.72. The fourth-order valence-electron chi connectivity index (χ4n) is 2.32. The number of nitrogens with two attached hydrogens (primary N) is 1. The molecule has 1 aliphatic heterocycles. The summed E-state index contributed by atoms with van der Waals surface area (Å²) in [6.07, 6.45) is 1.54. The van der Waals surface area contributed by atoms with E-state index in [1.807, 2.05) is 17.4 Å². The van der Waals surface area contributed by atoms with Crippen molar-refractivity contribution in [2.45, 2.75) is 18.9 Å². The molecule has 4 nitrogen and oxygen atoms in total. The van der Waals surface area contributed by atoms with Crippen LogP contribution < -0.4 is 10.4 Å². The summed E-state index contributed by atoms with van der Waals surface area (Å²) in [5.74, 6) is -0.585. The van der Waals surface area contributed by atoms with Crippen molar-refractivity contribution in [3.63, 3.8) is 0 Å². The molecule has 0 saturated carbocycles. The molecule has 1 aliphatic rings. The van der Waals surface area contributed by atoms with E-state index >= 15 is 0 Å². The van der Waals surface area contributed by atoms with Gasteiger partial charge in [-0.1, -0.05) is 12.1 Å². The molecule has 2 N–H and O–H groups in total. The van der Waals surface area contributed by atoms with Crippen LogP contribution in [0.4, 0.5) is 0 Å². The molecule has 0 amide bonds. The van der Waals surface area contributed by atoms with Gasteiger partial charge >= 0.3 is 0 Å². The Morgan fingerprint density at radius 3 is 2.71 bits per heavy atom. The zero-order valence-electron chi connectivity index (χ0n) is 9.43. The van der Waals surface area contributed by atoms with Gasteiger partial charge in [0, 0.05) is 12.3 Å². The third-order valence-corrected chi connectivity index (χ3v) is 3.25. The van der Waals surface area contributed by atoms with E-state index < -0.39 is 12.0 Å². The number of carbonyl (C=O) groups excluding carboxylic acids is 1. The zero-order chi connectivity index (χ0) is 12.3. The summed E-state index contributed by atoms with van der Waals surface area (Å²) in [6, 6.07) is 9.15. The molecule has 1 saturated heterocycles. The lowest BCUT2D eigenvalue weighted by Gasteiger charge is -2.08. The van der Waals surface area contributed by atoms with E-state index in [4.69, 9.17) is 5.26 Å². The summed E-state index contributed by atoms with van der Waals surface area (Å²) in [6.45, 7) is 0.832. The molecule has 1 aromatic rings. The molecule has 2 atom stereocenters. The van der Waals surface area contributed by atoms with Crippen LogP contribution in [0.15, 0.2) is 24.3 Å². The summed E-state index contributed by atoms with van der Waals surface area (Å²) in [5, 5.41) is 21.2. The lowest BCUT2D eigenvalue weighted by Crippen LogP contribution is -2.90. The molecule has 0 spiro atoms. The van der Waals surface area contributed by atoms with Crippen molar-refractivity contribution >= 4 is 5.97 Å². The molecule has 1 aromatic carbocycles. The lowest BCUT2D eigenvalue weighted by atomic mass is 9.96. The summed E-state index contributed by atoms with van der Waals surface area (Å²) < 4.78 is 0. The van der Waals surface area contributed by atoms with Gasteiger partial charge in [-0.15, -0.1) is 0 Å². The number of rotatable bonds is 3. The molecule has 1 fully saturated rings. The minimum absolute atomic E-state index is 0.380. The summed E-state index contributed by atoms with van der Waals surface area (Å²) in [7, 11) is 0. The maximum atomic E-state index is 10.7. The first-order chi connectivity index (χ1) is 8.19. The number of carboxylic acid groups (broad SMARTS) is 1. The van der Waals surface area contributed by atoms with Gasteiger partial charge in [-0.3, -0.25) is 0 Å². The first-order valence-corrected chi connectivity index (χ1v) is 5.72. The van der Waals surface area contributed by atoms with E-state index in [-0.39, 0.29) is 0 Å². The minimum Gasteiger partial charge on any atom is -0.544 e. The predicted octanol–water partition coefficient (Wildman–Crippen LogP) is -1.20. The van der Waals surface area contributed by atoms with Gasteiger partial charge in [0.2, 0.25) is 0 Å². The van der Waals surface area contributed by atoms with Crippen LogP contribution >= 0.6 is 0 Å². The SMILES string of the molecule is N#Cc1ccc(C[C@H]2C[NH2+][C@H](C(=O)[O-])C2)cc1. The smallest absolute Gasteiger partial charge is 0.127 e. The lowest BCUT2D eigenvalue weighted by molar-refractivity contribution is -0.666. The van der Waals surface area contributed by atoms with Gasteiger partial charge in [0.1, 0.15) is 6.04 Å². The molecule has 1 heterocycles. The normalized spacial score (nSPS) is 23.2. The molecule has 88 valence electrons. The number of quaternary nitrogens is 1. The predicted molar refractivity (Wildman–Crippen MR) is 58.6 cm³/mol. The average Bonchev–Trinajstić information content (AvgIpc) is 2.79. The number of nitriles is 1. The van der Waals surface area contributed by atoms with Gasteiger partial charge in [0.25, 0.3) is 0 Å². The van der Waals surface area contributed by atoms with E-state index in [2.05, 4.69) is 6.07 Å². The molecule has 0 unspecified atom stereocenters. The minimum atomic E-state index is -0.965. The van der Waals surface area contributed by atoms with Crippen molar-refractivity contribution in [1.82, 2.24) is 0 Å². The Labute approximate surface area is 99.9 Å². The van der Waals surface area contributed by atoms with Crippen LogP contribution in [-0.4, -0.2) is 18.6 Å². The van der Waals surface area contributed by atoms with E-state index in [9.17, 15) is 9.90 Å². The largest absolute Gasteiger partial charge is 0.544 e. The van der Waals surface area contributed by atoms with Crippen molar-refractivity contribution in [3.05, 3.63) is 35.4 Å². The van der Waals surface area contributed by atoms with Gasteiger partial charge < -0.3 is 15.2 Å². The number of benzene rings is 1. The first kappa shape index (κ1) is 11.6. The van der Waals surface area contributed by atoms with Gasteiger partial charge in [-0.25, -0.2) is 0 Å². The van der Waals surface area contributed by atoms with Crippen LogP contribution in [0.25, 0.3) is 0 Å². The quantitative estimate of drug-likeness (QED) is 0.708. The number of carboxylic acids is 1. The highest BCUT2D eigenvalue weighted by molar-refractivity contribution is 5.69. The number of hydrogen-bond donors (Lipinski definition) is 1. The number of nitrogens with zero attached hydrogens (tertiary/aromatic N) is 1. The van der Waals surface area contributed by atoms with Gasteiger partial charge in [-0.2, -0.15) is 5.26 Å².